The standard InChI is InChI=1S/C17H17NO6S/c1-11-4-2-5-13(17(19)20)16(11)18-25(21,22)12-6-7-14-15(10-12)24-9-3-8-23-14/h2,4-7,10,18H,3,8-9H2,1H3,(H,19,20). The van der Waals surface area contributed by atoms with Crippen LogP contribution in [0.25, 0.3) is 0 Å². The normalized spacial score (nSPS) is 13.8. The lowest BCUT2D eigenvalue weighted by molar-refractivity contribution is 0.0698. The summed E-state index contributed by atoms with van der Waals surface area (Å²) in [5, 5.41) is 9.28. The summed E-state index contributed by atoms with van der Waals surface area (Å²) in [4.78, 5) is 11.3. The number of benzene rings is 2. The average Bonchev–Trinajstić information content (AvgIpc) is 2.81. The number of rotatable bonds is 4. The van der Waals surface area contributed by atoms with Gasteiger partial charge in [0.05, 0.1) is 29.4 Å². The van der Waals surface area contributed by atoms with Crippen LogP contribution in [0, 0.1) is 6.92 Å². The monoisotopic (exact) mass is 363 g/mol. The van der Waals surface area contributed by atoms with Crippen molar-refractivity contribution in [2.45, 2.75) is 18.2 Å². The molecule has 0 atom stereocenters. The maximum atomic E-state index is 12.7. The zero-order valence-electron chi connectivity index (χ0n) is 13.5. The Kier molecular flexibility index (Phi) is 4.54. The summed E-state index contributed by atoms with van der Waals surface area (Å²) in [6.45, 7) is 2.58. The zero-order valence-corrected chi connectivity index (χ0v) is 14.3. The van der Waals surface area contributed by atoms with Crippen LogP contribution in [0.5, 0.6) is 11.5 Å². The van der Waals surface area contributed by atoms with Crippen molar-refractivity contribution < 1.29 is 27.8 Å². The Labute approximate surface area is 145 Å². The molecule has 0 bridgehead atoms. The Hall–Kier alpha value is -2.74. The number of carbonyl (C=O) groups is 1. The highest BCUT2D eigenvalue weighted by atomic mass is 32.2. The van der Waals surface area contributed by atoms with Gasteiger partial charge in [0.2, 0.25) is 0 Å². The third-order valence-corrected chi connectivity index (χ3v) is 5.12. The number of ether oxygens (including phenoxy) is 2. The number of anilines is 1. The molecule has 0 saturated carbocycles. The lowest BCUT2D eigenvalue weighted by atomic mass is 10.1. The fourth-order valence-corrected chi connectivity index (χ4v) is 3.65. The number of sulfonamides is 1. The number of aryl methyl sites for hydroxylation is 1. The van der Waals surface area contributed by atoms with Gasteiger partial charge in [0, 0.05) is 12.5 Å². The van der Waals surface area contributed by atoms with Crippen LogP contribution in [-0.4, -0.2) is 32.7 Å². The predicted octanol–water partition coefficient (Wildman–Crippen LogP) is 2.66. The van der Waals surface area contributed by atoms with Crippen LogP contribution in [0.4, 0.5) is 5.69 Å². The largest absolute Gasteiger partial charge is 0.490 e. The number of aromatic carboxylic acids is 1. The first-order valence-corrected chi connectivity index (χ1v) is 9.12. The highest BCUT2D eigenvalue weighted by Gasteiger charge is 2.22. The Morgan fingerprint density at radius 1 is 1.12 bits per heavy atom. The molecule has 8 heteroatoms. The summed E-state index contributed by atoms with van der Waals surface area (Å²) >= 11 is 0. The number of hydrogen-bond donors (Lipinski definition) is 2. The Balaban J connectivity index is 1.99. The van der Waals surface area contributed by atoms with E-state index in [9.17, 15) is 18.3 Å². The summed E-state index contributed by atoms with van der Waals surface area (Å²) in [7, 11) is -3.99. The Bertz CT molecular complexity index is 923. The van der Waals surface area contributed by atoms with Crippen molar-refractivity contribution in [2.75, 3.05) is 17.9 Å². The molecule has 0 radical (unpaired) electrons. The average molecular weight is 363 g/mol. The van der Waals surface area contributed by atoms with E-state index in [2.05, 4.69) is 4.72 Å². The molecule has 0 saturated heterocycles. The van der Waals surface area contributed by atoms with Gasteiger partial charge in [-0.2, -0.15) is 0 Å². The second-order valence-electron chi connectivity index (χ2n) is 5.57. The highest BCUT2D eigenvalue weighted by Crippen LogP contribution is 2.33. The number of fused-ring (bicyclic) bond motifs is 1. The Morgan fingerprint density at radius 2 is 1.84 bits per heavy atom. The lowest BCUT2D eigenvalue weighted by Crippen LogP contribution is -2.16. The molecule has 0 unspecified atom stereocenters. The highest BCUT2D eigenvalue weighted by molar-refractivity contribution is 7.92. The van der Waals surface area contributed by atoms with E-state index in [4.69, 9.17) is 9.47 Å². The minimum Gasteiger partial charge on any atom is -0.490 e. The number of carboxylic acids is 1. The van der Waals surface area contributed by atoms with Gasteiger partial charge in [-0.1, -0.05) is 12.1 Å². The van der Waals surface area contributed by atoms with Crippen molar-refractivity contribution >= 4 is 21.7 Å². The van der Waals surface area contributed by atoms with Gasteiger partial charge in [-0.05, 0) is 30.7 Å². The molecule has 2 N–H and O–H groups in total. The molecule has 2 aromatic carbocycles. The first-order valence-electron chi connectivity index (χ1n) is 7.64. The number of hydrogen-bond acceptors (Lipinski definition) is 5. The third kappa shape index (κ3) is 3.53. The summed E-state index contributed by atoms with van der Waals surface area (Å²) in [5.74, 6) is -0.373. The first-order chi connectivity index (χ1) is 11.9. The molecule has 132 valence electrons. The van der Waals surface area contributed by atoms with E-state index < -0.39 is 16.0 Å². The van der Waals surface area contributed by atoms with Gasteiger partial charge in [0.15, 0.2) is 11.5 Å². The van der Waals surface area contributed by atoms with Gasteiger partial charge < -0.3 is 14.6 Å². The van der Waals surface area contributed by atoms with Crippen molar-refractivity contribution in [1.29, 1.82) is 0 Å². The topological polar surface area (TPSA) is 102 Å². The van der Waals surface area contributed by atoms with Crippen molar-refractivity contribution in [3.05, 3.63) is 47.5 Å². The van der Waals surface area contributed by atoms with Gasteiger partial charge in [-0.15, -0.1) is 0 Å². The van der Waals surface area contributed by atoms with Crippen LogP contribution in [-0.2, 0) is 10.0 Å². The summed E-state index contributed by atoms with van der Waals surface area (Å²) < 4.78 is 38.8. The van der Waals surface area contributed by atoms with Crippen molar-refractivity contribution in [1.82, 2.24) is 0 Å². The second kappa shape index (κ2) is 6.64. The van der Waals surface area contributed by atoms with Crippen molar-refractivity contribution in [3.63, 3.8) is 0 Å². The predicted molar refractivity (Wildman–Crippen MR) is 91.0 cm³/mol. The maximum absolute atomic E-state index is 12.7. The molecular weight excluding hydrogens is 346 g/mol. The van der Waals surface area contributed by atoms with Crippen molar-refractivity contribution in [3.8, 4) is 11.5 Å². The fourth-order valence-electron chi connectivity index (χ4n) is 2.49. The summed E-state index contributed by atoms with van der Waals surface area (Å²) in [5.41, 5.74) is 0.442. The zero-order chi connectivity index (χ0) is 18.0. The van der Waals surface area contributed by atoms with E-state index >= 15 is 0 Å². The second-order valence-corrected chi connectivity index (χ2v) is 7.25. The van der Waals surface area contributed by atoms with Gasteiger partial charge in [0.1, 0.15) is 0 Å². The van der Waals surface area contributed by atoms with Gasteiger partial charge >= 0.3 is 5.97 Å². The minimum atomic E-state index is -3.99. The molecule has 3 rings (SSSR count). The molecule has 0 spiro atoms. The summed E-state index contributed by atoms with van der Waals surface area (Å²) in [6, 6.07) is 8.85. The Morgan fingerprint density at radius 3 is 2.56 bits per heavy atom. The molecule has 0 aromatic heterocycles. The quantitative estimate of drug-likeness (QED) is 0.866. The molecule has 25 heavy (non-hydrogen) atoms. The summed E-state index contributed by atoms with van der Waals surface area (Å²) in [6.07, 6.45) is 0.709. The van der Waals surface area contributed by atoms with E-state index in [0.29, 0.717) is 36.7 Å². The first kappa shape index (κ1) is 17.1. The van der Waals surface area contributed by atoms with Crippen LogP contribution in [0.15, 0.2) is 41.3 Å². The third-order valence-electron chi connectivity index (χ3n) is 3.77. The van der Waals surface area contributed by atoms with Crippen molar-refractivity contribution in [2.24, 2.45) is 0 Å². The van der Waals surface area contributed by atoms with Crippen LogP contribution in [0.1, 0.15) is 22.3 Å². The minimum absolute atomic E-state index is 0.0312. The SMILES string of the molecule is Cc1cccc(C(=O)O)c1NS(=O)(=O)c1ccc2c(c1)OCCCO2. The molecule has 1 heterocycles. The molecule has 7 nitrogen and oxygen atoms in total. The number of nitrogens with one attached hydrogen (secondary N) is 1. The van der Waals surface area contributed by atoms with E-state index in [1.54, 1.807) is 19.1 Å². The number of carboxylic acid groups (broad SMARTS) is 1. The van der Waals surface area contributed by atoms with Gasteiger partial charge in [0.25, 0.3) is 10.0 Å². The van der Waals surface area contributed by atoms with E-state index in [-0.39, 0.29) is 16.1 Å². The van der Waals surface area contributed by atoms with Crippen LogP contribution >= 0.6 is 0 Å². The lowest BCUT2D eigenvalue weighted by Gasteiger charge is -2.14. The molecular formula is C17H17NO6S. The fraction of sp³-hybridized carbons (Fsp3) is 0.235. The molecule has 1 aliphatic rings. The van der Waals surface area contributed by atoms with E-state index in [0.717, 1.165) is 0 Å². The molecule has 1 aliphatic heterocycles. The van der Waals surface area contributed by atoms with Crippen LogP contribution in [0.2, 0.25) is 0 Å². The van der Waals surface area contributed by atoms with Crippen LogP contribution < -0.4 is 14.2 Å². The van der Waals surface area contributed by atoms with Crippen LogP contribution in [0.3, 0.4) is 0 Å². The van der Waals surface area contributed by atoms with E-state index in [1.807, 2.05) is 0 Å². The molecule has 2 aromatic rings. The molecule has 0 amide bonds. The number of para-hydroxylation sites is 1. The van der Waals surface area contributed by atoms with Gasteiger partial charge in [-0.25, -0.2) is 13.2 Å². The molecule has 0 fully saturated rings. The smallest absolute Gasteiger partial charge is 0.337 e. The van der Waals surface area contributed by atoms with Gasteiger partial charge in [-0.3, -0.25) is 4.72 Å². The maximum Gasteiger partial charge on any atom is 0.337 e. The van der Waals surface area contributed by atoms with E-state index in [1.165, 1.54) is 24.3 Å². The molecule has 0 aliphatic carbocycles.